The number of alkyl halides is 2. The summed E-state index contributed by atoms with van der Waals surface area (Å²) in [5.41, 5.74) is -0.0786. The van der Waals surface area contributed by atoms with Gasteiger partial charge in [-0.3, -0.25) is 9.59 Å². The standard InChI is InChI=1S/C13H15F2NO4/c1-8(2)19-11(17)7-16-12(18)9-5-3-4-6-10(9)20-13(14)15/h3-6,8,13H,7H2,1-2H3,(H,16,18). The zero-order chi connectivity index (χ0) is 15.1. The zero-order valence-electron chi connectivity index (χ0n) is 11.1. The van der Waals surface area contributed by atoms with E-state index in [4.69, 9.17) is 4.74 Å². The second-order valence-corrected chi connectivity index (χ2v) is 4.10. The summed E-state index contributed by atoms with van der Waals surface area (Å²) in [7, 11) is 0. The van der Waals surface area contributed by atoms with Gasteiger partial charge in [-0.15, -0.1) is 0 Å². The molecule has 1 amide bonds. The molecule has 0 aliphatic heterocycles. The van der Waals surface area contributed by atoms with Crippen molar-refractivity contribution in [2.75, 3.05) is 6.54 Å². The minimum absolute atomic E-state index is 0.0786. The molecular formula is C13H15F2NO4. The fraction of sp³-hybridized carbons (Fsp3) is 0.385. The highest BCUT2D eigenvalue weighted by Crippen LogP contribution is 2.19. The molecule has 0 spiro atoms. The van der Waals surface area contributed by atoms with E-state index in [1.54, 1.807) is 13.8 Å². The van der Waals surface area contributed by atoms with Crippen molar-refractivity contribution >= 4 is 11.9 Å². The molecule has 0 saturated carbocycles. The fourth-order valence-electron chi connectivity index (χ4n) is 1.41. The summed E-state index contributed by atoms with van der Waals surface area (Å²) in [6.45, 7) is -0.0355. The molecule has 0 aromatic heterocycles. The van der Waals surface area contributed by atoms with Crippen molar-refractivity contribution < 1.29 is 27.8 Å². The smallest absolute Gasteiger partial charge is 0.387 e. The first-order chi connectivity index (χ1) is 9.40. The van der Waals surface area contributed by atoms with Gasteiger partial charge in [0.25, 0.3) is 5.91 Å². The minimum Gasteiger partial charge on any atom is -0.462 e. The molecule has 0 aliphatic carbocycles. The maximum Gasteiger partial charge on any atom is 0.387 e. The summed E-state index contributed by atoms with van der Waals surface area (Å²) in [4.78, 5) is 23.1. The molecule has 1 aromatic carbocycles. The number of rotatable bonds is 6. The van der Waals surface area contributed by atoms with Crippen molar-refractivity contribution in [3.8, 4) is 5.75 Å². The van der Waals surface area contributed by atoms with Crippen LogP contribution in [0.3, 0.4) is 0 Å². The lowest BCUT2D eigenvalue weighted by molar-refractivity contribution is -0.146. The third kappa shape index (κ3) is 5.21. The SMILES string of the molecule is CC(C)OC(=O)CNC(=O)c1ccccc1OC(F)F. The van der Waals surface area contributed by atoms with Crippen molar-refractivity contribution in [2.24, 2.45) is 0 Å². The molecule has 0 saturated heterocycles. The van der Waals surface area contributed by atoms with Gasteiger partial charge in [0.05, 0.1) is 11.7 Å². The lowest BCUT2D eigenvalue weighted by Crippen LogP contribution is -2.32. The number of hydrogen-bond acceptors (Lipinski definition) is 4. The zero-order valence-corrected chi connectivity index (χ0v) is 11.1. The van der Waals surface area contributed by atoms with E-state index in [1.807, 2.05) is 0 Å². The Morgan fingerprint density at radius 3 is 2.50 bits per heavy atom. The summed E-state index contributed by atoms with van der Waals surface area (Å²) >= 11 is 0. The lowest BCUT2D eigenvalue weighted by atomic mass is 10.2. The van der Waals surface area contributed by atoms with Crippen molar-refractivity contribution in [2.45, 2.75) is 26.6 Å². The lowest BCUT2D eigenvalue weighted by Gasteiger charge is -2.11. The number of hydrogen-bond donors (Lipinski definition) is 1. The number of carbonyl (C=O) groups is 2. The van der Waals surface area contributed by atoms with Gasteiger partial charge in [0.2, 0.25) is 0 Å². The molecular weight excluding hydrogens is 272 g/mol. The normalized spacial score (nSPS) is 10.5. The Bertz CT molecular complexity index is 477. The van der Waals surface area contributed by atoms with Crippen LogP contribution in [-0.4, -0.2) is 31.1 Å². The number of halogens is 2. The Labute approximate surface area is 114 Å². The molecule has 5 nitrogen and oxygen atoms in total. The summed E-state index contributed by atoms with van der Waals surface area (Å²) in [5.74, 6) is -1.56. The third-order valence-corrected chi connectivity index (χ3v) is 2.11. The summed E-state index contributed by atoms with van der Waals surface area (Å²) < 4.78 is 33.4. The molecule has 0 radical (unpaired) electrons. The van der Waals surface area contributed by atoms with Gasteiger partial charge in [0.15, 0.2) is 0 Å². The average Bonchev–Trinajstić information content (AvgIpc) is 2.35. The number of ether oxygens (including phenoxy) is 2. The van der Waals surface area contributed by atoms with E-state index in [0.29, 0.717) is 0 Å². The monoisotopic (exact) mass is 287 g/mol. The molecule has 20 heavy (non-hydrogen) atoms. The van der Waals surface area contributed by atoms with Crippen LogP contribution in [0.5, 0.6) is 5.75 Å². The van der Waals surface area contributed by atoms with Crippen LogP contribution in [-0.2, 0) is 9.53 Å². The number of carbonyl (C=O) groups excluding carboxylic acids is 2. The van der Waals surface area contributed by atoms with Gasteiger partial charge in [0.1, 0.15) is 12.3 Å². The molecule has 110 valence electrons. The highest BCUT2D eigenvalue weighted by atomic mass is 19.3. The van der Waals surface area contributed by atoms with Crippen LogP contribution in [0, 0.1) is 0 Å². The number of nitrogens with one attached hydrogen (secondary N) is 1. The summed E-state index contributed by atoms with van der Waals surface area (Å²) in [5, 5.41) is 2.28. The van der Waals surface area contributed by atoms with Crippen LogP contribution >= 0.6 is 0 Å². The van der Waals surface area contributed by atoms with Crippen molar-refractivity contribution in [3.05, 3.63) is 29.8 Å². The second kappa shape index (κ2) is 7.42. The first-order valence-electron chi connectivity index (χ1n) is 5.91. The van der Waals surface area contributed by atoms with E-state index in [2.05, 4.69) is 10.1 Å². The molecule has 0 atom stereocenters. The molecule has 0 heterocycles. The average molecular weight is 287 g/mol. The molecule has 0 unspecified atom stereocenters. The van der Waals surface area contributed by atoms with Gasteiger partial charge in [-0.2, -0.15) is 8.78 Å². The van der Waals surface area contributed by atoms with Crippen molar-refractivity contribution in [3.63, 3.8) is 0 Å². The first kappa shape index (κ1) is 15.9. The second-order valence-electron chi connectivity index (χ2n) is 4.10. The number of para-hydroxylation sites is 1. The Morgan fingerprint density at radius 2 is 1.90 bits per heavy atom. The van der Waals surface area contributed by atoms with Crippen molar-refractivity contribution in [1.29, 1.82) is 0 Å². The van der Waals surface area contributed by atoms with Crippen molar-refractivity contribution in [1.82, 2.24) is 5.32 Å². The quantitative estimate of drug-likeness (QED) is 0.812. The Morgan fingerprint density at radius 1 is 1.25 bits per heavy atom. The largest absolute Gasteiger partial charge is 0.462 e. The Hall–Kier alpha value is -2.18. The van der Waals surface area contributed by atoms with Gasteiger partial charge in [-0.1, -0.05) is 12.1 Å². The molecule has 0 aliphatic rings. The maximum absolute atomic E-state index is 12.2. The van der Waals surface area contributed by atoms with Crippen LogP contribution in [0.15, 0.2) is 24.3 Å². The number of amides is 1. The van der Waals surface area contributed by atoms with E-state index in [-0.39, 0.29) is 24.0 Å². The van der Waals surface area contributed by atoms with E-state index in [0.717, 1.165) is 0 Å². The molecule has 1 rings (SSSR count). The molecule has 0 bridgehead atoms. The number of benzene rings is 1. The van der Waals surface area contributed by atoms with E-state index in [1.165, 1.54) is 24.3 Å². The van der Waals surface area contributed by atoms with E-state index < -0.39 is 18.5 Å². The van der Waals surface area contributed by atoms with E-state index >= 15 is 0 Å². The summed E-state index contributed by atoms with van der Waals surface area (Å²) in [6, 6.07) is 5.52. The fourth-order valence-corrected chi connectivity index (χ4v) is 1.41. The van der Waals surface area contributed by atoms with Gasteiger partial charge >= 0.3 is 12.6 Å². The van der Waals surface area contributed by atoms with Gasteiger partial charge < -0.3 is 14.8 Å². The summed E-state index contributed by atoms with van der Waals surface area (Å²) in [6.07, 6.45) is -0.297. The minimum atomic E-state index is -3.03. The van der Waals surface area contributed by atoms with Gasteiger partial charge in [0, 0.05) is 0 Å². The van der Waals surface area contributed by atoms with Crippen LogP contribution in [0.2, 0.25) is 0 Å². The van der Waals surface area contributed by atoms with Crippen LogP contribution in [0.4, 0.5) is 8.78 Å². The molecule has 1 aromatic rings. The molecule has 1 N–H and O–H groups in total. The Balaban J connectivity index is 2.66. The number of esters is 1. The predicted molar refractivity (Wildman–Crippen MR) is 66.6 cm³/mol. The highest BCUT2D eigenvalue weighted by molar-refractivity contribution is 5.98. The topological polar surface area (TPSA) is 64.6 Å². The van der Waals surface area contributed by atoms with Crippen LogP contribution in [0.25, 0.3) is 0 Å². The highest BCUT2D eigenvalue weighted by Gasteiger charge is 2.16. The van der Waals surface area contributed by atoms with E-state index in [9.17, 15) is 18.4 Å². The molecule has 7 heteroatoms. The predicted octanol–water partition coefficient (Wildman–Crippen LogP) is 1.97. The van der Waals surface area contributed by atoms with Crippen LogP contribution < -0.4 is 10.1 Å². The first-order valence-corrected chi connectivity index (χ1v) is 5.91. The third-order valence-electron chi connectivity index (χ3n) is 2.11. The van der Waals surface area contributed by atoms with Gasteiger partial charge in [-0.25, -0.2) is 0 Å². The van der Waals surface area contributed by atoms with Crippen LogP contribution in [0.1, 0.15) is 24.2 Å². The Kier molecular flexibility index (Phi) is 5.89. The maximum atomic E-state index is 12.2. The molecule has 0 fully saturated rings. The van der Waals surface area contributed by atoms with Gasteiger partial charge in [-0.05, 0) is 26.0 Å².